The lowest BCUT2D eigenvalue weighted by Gasteiger charge is -2.20. The van der Waals surface area contributed by atoms with Crippen molar-refractivity contribution in [1.29, 1.82) is 0 Å². The van der Waals surface area contributed by atoms with Gasteiger partial charge in [0, 0.05) is 11.3 Å². The van der Waals surface area contributed by atoms with Gasteiger partial charge < -0.3 is 20.7 Å². The summed E-state index contributed by atoms with van der Waals surface area (Å²) >= 11 is 0. The van der Waals surface area contributed by atoms with Gasteiger partial charge in [0.2, 0.25) is 5.91 Å². The Kier molecular flexibility index (Phi) is 4.47. The maximum absolute atomic E-state index is 12.4. The predicted molar refractivity (Wildman–Crippen MR) is 93.8 cm³/mol. The zero-order valence-electron chi connectivity index (χ0n) is 13.2. The molecule has 0 saturated heterocycles. The van der Waals surface area contributed by atoms with Crippen LogP contribution in [0.5, 0.6) is 5.75 Å². The molecule has 7 heteroatoms. The molecule has 7 nitrogen and oxygen atoms in total. The predicted octanol–water partition coefficient (Wildman–Crippen LogP) is 2.39. The normalized spacial score (nSPS) is 12.2. The molecule has 0 atom stereocenters. The molecule has 3 amide bonds. The molecule has 1 heterocycles. The van der Waals surface area contributed by atoms with Crippen molar-refractivity contribution in [3.05, 3.63) is 60.7 Å². The smallest absolute Gasteiger partial charge is 0.262 e. The number of hydrogen-bond acceptors (Lipinski definition) is 4. The first-order chi connectivity index (χ1) is 12.1. The summed E-state index contributed by atoms with van der Waals surface area (Å²) < 4.78 is 5.40. The maximum Gasteiger partial charge on any atom is 0.262 e. The van der Waals surface area contributed by atoms with Crippen molar-refractivity contribution < 1.29 is 19.1 Å². The topological polar surface area (TPSA) is 96.5 Å². The number of anilines is 3. The van der Waals surface area contributed by atoms with Crippen molar-refractivity contribution >= 4 is 34.8 Å². The van der Waals surface area contributed by atoms with Crippen LogP contribution in [0.2, 0.25) is 0 Å². The summed E-state index contributed by atoms with van der Waals surface area (Å²) in [6.07, 6.45) is 1.16. The second-order valence-electron chi connectivity index (χ2n) is 5.24. The Hall–Kier alpha value is -3.61. The number of rotatable bonds is 4. The number of carbonyl (C=O) groups excluding carboxylic acids is 3. The van der Waals surface area contributed by atoms with Crippen LogP contribution in [-0.4, -0.2) is 24.3 Å². The van der Waals surface area contributed by atoms with Crippen molar-refractivity contribution in [2.45, 2.75) is 0 Å². The molecule has 2 aromatic rings. The van der Waals surface area contributed by atoms with Crippen LogP contribution in [0.15, 0.2) is 55.1 Å². The Labute approximate surface area is 143 Å². The highest BCUT2D eigenvalue weighted by Crippen LogP contribution is 2.35. The summed E-state index contributed by atoms with van der Waals surface area (Å²) in [5.41, 5.74) is 1.95. The molecular weight excluding hydrogens is 322 g/mol. The molecule has 0 unspecified atom stereocenters. The minimum absolute atomic E-state index is 0.0996. The number of nitrogens with one attached hydrogen (secondary N) is 3. The third-order valence-corrected chi connectivity index (χ3v) is 3.48. The van der Waals surface area contributed by atoms with Crippen molar-refractivity contribution in [3.8, 4) is 5.75 Å². The van der Waals surface area contributed by atoms with Crippen LogP contribution in [-0.2, 0) is 9.59 Å². The van der Waals surface area contributed by atoms with E-state index in [1.54, 1.807) is 42.5 Å². The van der Waals surface area contributed by atoms with Crippen LogP contribution in [0.3, 0.4) is 0 Å². The SMILES string of the molecule is C=CC(=O)Nc1ccc(C(=O)Nc2cccc3c2OCC(=O)N3)cc1. The lowest BCUT2D eigenvalue weighted by Crippen LogP contribution is -2.26. The Morgan fingerprint density at radius 1 is 1.12 bits per heavy atom. The van der Waals surface area contributed by atoms with Crippen molar-refractivity contribution in [1.82, 2.24) is 0 Å². The summed E-state index contributed by atoms with van der Waals surface area (Å²) in [6, 6.07) is 11.5. The Morgan fingerprint density at radius 3 is 2.60 bits per heavy atom. The fraction of sp³-hybridized carbons (Fsp3) is 0.0556. The first kappa shape index (κ1) is 16.3. The van der Waals surface area contributed by atoms with E-state index in [1.165, 1.54) is 0 Å². The van der Waals surface area contributed by atoms with Gasteiger partial charge in [-0.15, -0.1) is 0 Å². The molecule has 1 aliphatic rings. The van der Waals surface area contributed by atoms with Crippen molar-refractivity contribution in [2.75, 3.05) is 22.6 Å². The average molecular weight is 337 g/mol. The van der Waals surface area contributed by atoms with Crippen LogP contribution in [0, 0.1) is 0 Å². The molecule has 0 saturated carbocycles. The quantitative estimate of drug-likeness (QED) is 0.746. The molecular formula is C18H15N3O4. The zero-order chi connectivity index (χ0) is 17.8. The zero-order valence-corrected chi connectivity index (χ0v) is 13.2. The van der Waals surface area contributed by atoms with E-state index in [2.05, 4.69) is 22.5 Å². The summed E-state index contributed by atoms with van der Waals surface area (Å²) in [7, 11) is 0. The monoisotopic (exact) mass is 337 g/mol. The van der Waals surface area contributed by atoms with Crippen LogP contribution < -0.4 is 20.7 Å². The summed E-state index contributed by atoms with van der Waals surface area (Å²) in [5, 5.41) is 8.04. The number of amides is 3. The van der Waals surface area contributed by atoms with Crippen molar-refractivity contribution in [2.24, 2.45) is 0 Å². The maximum atomic E-state index is 12.4. The highest BCUT2D eigenvalue weighted by atomic mass is 16.5. The van der Waals surface area contributed by atoms with Gasteiger partial charge in [-0.3, -0.25) is 14.4 Å². The average Bonchev–Trinajstić information content (AvgIpc) is 2.62. The van der Waals surface area contributed by atoms with Gasteiger partial charge in [-0.25, -0.2) is 0 Å². The third-order valence-electron chi connectivity index (χ3n) is 3.48. The fourth-order valence-electron chi connectivity index (χ4n) is 2.31. The molecule has 3 rings (SSSR count). The molecule has 0 aromatic heterocycles. The molecule has 1 aliphatic heterocycles. The summed E-state index contributed by atoms with van der Waals surface area (Å²) in [6.45, 7) is 3.28. The highest BCUT2D eigenvalue weighted by molar-refractivity contribution is 6.07. The van der Waals surface area contributed by atoms with E-state index in [1.807, 2.05) is 0 Å². The van der Waals surface area contributed by atoms with E-state index in [0.717, 1.165) is 6.08 Å². The Bertz CT molecular complexity index is 859. The molecule has 0 aliphatic carbocycles. The molecule has 126 valence electrons. The van der Waals surface area contributed by atoms with Crippen molar-refractivity contribution in [3.63, 3.8) is 0 Å². The van der Waals surface area contributed by atoms with Crippen LogP contribution in [0.25, 0.3) is 0 Å². The van der Waals surface area contributed by atoms with E-state index >= 15 is 0 Å². The number of fused-ring (bicyclic) bond motifs is 1. The van der Waals surface area contributed by atoms with Gasteiger partial charge >= 0.3 is 0 Å². The number of benzene rings is 2. The summed E-state index contributed by atoms with van der Waals surface area (Å²) in [5.74, 6) is -0.485. The second-order valence-corrected chi connectivity index (χ2v) is 5.24. The molecule has 0 radical (unpaired) electrons. The molecule has 0 fully saturated rings. The largest absolute Gasteiger partial charge is 0.479 e. The molecule has 0 bridgehead atoms. The van der Waals surface area contributed by atoms with E-state index < -0.39 is 0 Å². The molecule has 0 spiro atoms. The highest BCUT2D eigenvalue weighted by Gasteiger charge is 2.20. The van der Waals surface area contributed by atoms with Crippen LogP contribution in [0.4, 0.5) is 17.1 Å². The first-order valence-corrected chi connectivity index (χ1v) is 7.47. The van der Waals surface area contributed by atoms with Gasteiger partial charge in [-0.05, 0) is 42.5 Å². The summed E-state index contributed by atoms with van der Waals surface area (Å²) in [4.78, 5) is 35.0. The number of hydrogen-bond donors (Lipinski definition) is 3. The van der Waals surface area contributed by atoms with Gasteiger partial charge in [0.1, 0.15) is 0 Å². The third kappa shape index (κ3) is 3.66. The standard InChI is InChI=1S/C18H15N3O4/c1-2-15(22)19-12-8-6-11(7-9-12)18(24)21-14-5-3-4-13-17(14)25-10-16(23)20-13/h2-9H,1,10H2,(H,19,22)(H,20,23)(H,21,24). The van der Waals surface area contributed by atoms with Gasteiger partial charge in [0.15, 0.2) is 12.4 Å². The number of carbonyl (C=O) groups is 3. The number of ether oxygens (including phenoxy) is 1. The van der Waals surface area contributed by atoms with Gasteiger partial charge in [0.25, 0.3) is 11.8 Å². The fourth-order valence-corrected chi connectivity index (χ4v) is 2.31. The lowest BCUT2D eigenvalue weighted by atomic mass is 10.1. The van der Waals surface area contributed by atoms with Crippen LogP contribution >= 0.6 is 0 Å². The minimum atomic E-state index is -0.338. The Balaban J connectivity index is 1.75. The van der Waals surface area contributed by atoms with E-state index in [9.17, 15) is 14.4 Å². The van der Waals surface area contributed by atoms with E-state index in [4.69, 9.17) is 4.74 Å². The lowest BCUT2D eigenvalue weighted by molar-refractivity contribution is -0.118. The number of para-hydroxylation sites is 1. The first-order valence-electron chi connectivity index (χ1n) is 7.47. The Morgan fingerprint density at radius 2 is 1.88 bits per heavy atom. The minimum Gasteiger partial charge on any atom is -0.479 e. The van der Waals surface area contributed by atoms with E-state index in [0.29, 0.717) is 28.4 Å². The van der Waals surface area contributed by atoms with Gasteiger partial charge in [-0.1, -0.05) is 12.6 Å². The van der Waals surface area contributed by atoms with Gasteiger partial charge in [-0.2, -0.15) is 0 Å². The molecule has 3 N–H and O–H groups in total. The van der Waals surface area contributed by atoms with Crippen LogP contribution in [0.1, 0.15) is 10.4 Å². The molecule has 2 aromatic carbocycles. The molecule has 25 heavy (non-hydrogen) atoms. The van der Waals surface area contributed by atoms with E-state index in [-0.39, 0.29) is 24.3 Å². The second kappa shape index (κ2) is 6.88. The van der Waals surface area contributed by atoms with Gasteiger partial charge in [0.05, 0.1) is 11.4 Å².